The zero-order chi connectivity index (χ0) is 18.6. The molecule has 0 radical (unpaired) electrons. The molecule has 1 aliphatic heterocycles. The van der Waals surface area contributed by atoms with Crippen molar-refractivity contribution >= 4 is 22.4 Å². The smallest absolute Gasteiger partial charge is 0.234 e. The van der Waals surface area contributed by atoms with Crippen LogP contribution in [0.3, 0.4) is 0 Å². The van der Waals surface area contributed by atoms with Crippen LogP contribution in [0.2, 0.25) is 0 Å². The third-order valence-electron chi connectivity index (χ3n) is 4.82. The van der Waals surface area contributed by atoms with E-state index in [1.54, 1.807) is 14.2 Å². The van der Waals surface area contributed by atoms with Crippen molar-refractivity contribution in [3.8, 4) is 17.0 Å². The largest absolute Gasteiger partial charge is 0.496 e. The minimum absolute atomic E-state index is 0.0158. The Labute approximate surface area is 157 Å². The Balaban J connectivity index is 1.80. The molecule has 0 saturated carbocycles. The molecule has 7 heteroatoms. The zero-order valence-corrected chi connectivity index (χ0v) is 16.2. The van der Waals surface area contributed by atoms with Gasteiger partial charge < -0.3 is 20.1 Å². The lowest BCUT2D eigenvalue weighted by Crippen LogP contribution is -2.47. The standard InChI is InChI=1S/C19H25N3O3S/c1-13-4-5-16(25-3)14(10-13)15-11-26-18(21-15)22-17(23)19(12-24-2)6-8-20-9-7-19/h4-5,10-11,20H,6-9,12H2,1-3H3,(H,21,22,23). The van der Waals surface area contributed by atoms with E-state index in [2.05, 4.69) is 15.6 Å². The molecule has 0 bridgehead atoms. The van der Waals surface area contributed by atoms with Crippen LogP contribution in [-0.2, 0) is 9.53 Å². The number of aryl methyl sites for hydroxylation is 1. The first kappa shape index (κ1) is 18.8. The first-order valence-electron chi connectivity index (χ1n) is 8.69. The van der Waals surface area contributed by atoms with E-state index in [0.717, 1.165) is 48.5 Å². The number of hydrogen-bond acceptors (Lipinski definition) is 6. The average Bonchev–Trinajstić information content (AvgIpc) is 3.11. The zero-order valence-electron chi connectivity index (χ0n) is 15.4. The molecule has 3 rings (SSSR count). The van der Waals surface area contributed by atoms with Gasteiger partial charge in [-0.2, -0.15) is 0 Å². The molecule has 140 valence electrons. The Morgan fingerprint density at radius 1 is 1.35 bits per heavy atom. The maximum atomic E-state index is 12.9. The first-order valence-corrected chi connectivity index (χ1v) is 9.57. The summed E-state index contributed by atoms with van der Waals surface area (Å²) < 4.78 is 10.8. The third kappa shape index (κ3) is 3.90. The third-order valence-corrected chi connectivity index (χ3v) is 5.58. The van der Waals surface area contributed by atoms with E-state index in [9.17, 15) is 4.79 Å². The summed E-state index contributed by atoms with van der Waals surface area (Å²) >= 11 is 1.42. The van der Waals surface area contributed by atoms with Crippen LogP contribution in [0.15, 0.2) is 23.6 Å². The predicted octanol–water partition coefficient (Wildman–Crippen LogP) is 3.08. The van der Waals surface area contributed by atoms with Crippen molar-refractivity contribution in [2.75, 3.05) is 39.2 Å². The van der Waals surface area contributed by atoms with Gasteiger partial charge in [0.25, 0.3) is 0 Å². The lowest BCUT2D eigenvalue weighted by atomic mass is 9.79. The van der Waals surface area contributed by atoms with Crippen LogP contribution in [0, 0.1) is 12.3 Å². The maximum absolute atomic E-state index is 12.9. The van der Waals surface area contributed by atoms with E-state index in [-0.39, 0.29) is 5.91 Å². The van der Waals surface area contributed by atoms with E-state index >= 15 is 0 Å². The van der Waals surface area contributed by atoms with E-state index < -0.39 is 5.41 Å². The van der Waals surface area contributed by atoms with Crippen molar-refractivity contribution < 1.29 is 14.3 Å². The Kier molecular flexibility index (Phi) is 5.90. The minimum atomic E-state index is -0.493. The number of thiazole rings is 1. The number of ether oxygens (including phenoxy) is 2. The Hall–Kier alpha value is -1.96. The van der Waals surface area contributed by atoms with Crippen LogP contribution in [0.5, 0.6) is 5.75 Å². The molecule has 1 aliphatic rings. The van der Waals surface area contributed by atoms with Crippen molar-refractivity contribution in [2.24, 2.45) is 5.41 Å². The normalized spacial score (nSPS) is 16.3. The van der Waals surface area contributed by atoms with Gasteiger partial charge in [0.05, 0.1) is 24.8 Å². The summed E-state index contributed by atoms with van der Waals surface area (Å²) in [6.07, 6.45) is 1.52. The molecule has 1 aromatic heterocycles. The molecular weight excluding hydrogens is 350 g/mol. The fourth-order valence-electron chi connectivity index (χ4n) is 3.33. The minimum Gasteiger partial charge on any atom is -0.496 e. The summed E-state index contributed by atoms with van der Waals surface area (Å²) in [5.74, 6) is 0.756. The number of nitrogens with one attached hydrogen (secondary N) is 2. The monoisotopic (exact) mass is 375 g/mol. The quantitative estimate of drug-likeness (QED) is 0.812. The molecule has 0 aliphatic carbocycles. The van der Waals surface area contributed by atoms with Gasteiger partial charge in [-0.15, -0.1) is 11.3 Å². The summed E-state index contributed by atoms with van der Waals surface area (Å²) in [7, 11) is 3.29. The Morgan fingerprint density at radius 3 is 2.81 bits per heavy atom. The van der Waals surface area contributed by atoms with Gasteiger partial charge in [0.15, 0.2) is 5.13 Å². The van der Waals surface area contributed by atoms with E-state index in [1.807, 2.05) is 30.5 Å². The number of hydrogen-bond donors (Lipinski definition) is 2. The number of carbonyl (C=O) groups excluding carboxylic acids is 1. The molecule has 1 saturated heterocycles. The highest BCUT2D eigenvalue weighted by Gasteiger charge is 2.40. The van der Waals surface area contributed by atoms with Gasteiger partial charge in [0, 0.05) is 18.1 Å². The van der Waals surface area contributed by atoms with Crippen LogP contribution >= 0.6 is 11.3 Å². The number of anilines is 1. The predicted molar refractivity (Wildman–Crippen MR) is 104 cm³/mol. The molecule has 1 fully saturated rings. The molecule has 6 nitrogen and oxygen atoms in total. The Bertz CT molecular complexity index is 764. The molecule has 0 atom stereocenters. The number of amides is 1. The van der Waals surface area contributed by atoms with Gasteiger partial charge in [-0.25, -0.2) is 4.98 Å². The second-order valence-corrected chi connectivity index (χ2v) is 7.52. The summed E-state index contributed by atoms with van der Waals surface area (Å²) in [5, 5.41) is 8.84. The molecule has 1 aromatic carbocycles. The van der Waals surface area contributed by atoms with Crippen molar-refractivity contribution in [3.05, 3.63) is 29.1 Å². The van der Waals surface area contributed by atoms with Gasteiger partial charge in [-0.3, -0.25) is 4.79 Å². The van der Waals surface area contributed by atoms with Crippen LogP contribution < -0.4 is 15.4 Å². The molecule has 26 heavy (non-hydrogen) atoms. The number of nitrogens with zero attached hydrogens (tertiary/aromatic N) is 1. The summed E-state index contributed by atoms with van der Waals surface area (Å²) in [5.41, 5.74) is 2.37. The lowest BCUT2D eigenvalue weighted by Gasteiger charge is -2.35. The fraction of sp³-hybridized carbons (Fsp3) is 0.474. The number of carbonyl (C=O) groups is 1. The SMILES string of the molecule is COCC1(C(=O)Nc2nc(-c3cc(C)ccc3OC)cs2)CCNCC1. The lowest BCUT2D eigenvalue weighted by molar-refractivity contribution is -0.130. The second kappa shape index (κ2) is 8.16. The Morgan fingerprint density at radius 2 is 2.12 bits per heavy atom. The van der Waals surface area contributed by atoms with Crippen LogP contribution in [0.1, 0.15) is 18.4 Å². The van der Waals surface area contributed by atoms with E-state index in [1.165, 1.54) is 11.3 Å². The van der Waals surface area contributed by atoms with Crippen molar-refractivity contribution in [1.29, 1.82) is 0 Å². The highest BCUT2D eigenvalue weighted by atomic mass is 32.1. The maximum Gasteiger partial charge on any atom is 0.234 e. The first-order chi connectivity index (χ1) is 12.6. The summed E-state index contributed by atoms with van der Waals surface area (Å²) in [6.45, 7) is 4.09. The highest BCUT2D eigenvalue weighted by Crippen LogP contribution is 2.35. The number of benzene rings is 1. The van der Waals surface area contributed by atoms with Crippen molar-refractivity contribution in [2.45, 2.75) is 19.8 Å². The van der Waals surface area contributed by atoms with Crippen molar-refractivity contribution in [1.82, 2.24) is 10.3 Å². The number of piperidine rings is 1. The van der Waals surface area contributed by atoms with Gasteiger partial charge in [0.2, 0.25) is 5.91 Å². The molecule has 0 spiro atoms. The number of aromatic nitrogens is 1. The van der Waals surface area contributed by atoms with E-state index in [4.69, 9.17) is 9.47 Å². The topological polar surface area (TPSA) is 72.5 Å². The second-order valence-electron chi connectivity index (χ2n) is 6.66. The average molecular weight is 375 g/mol. The highest BCUT2D eigenvalue weighted by molar-refractivity contribution is 7.14. The fourth-order valence-corrected chi connectivity index (χ4v) is 4.03. The van der Waals surface area contributed by atoms with Crippen LogP contribution in [0.4, 0.5) is 5.13 Å². The van der Waals surface area contributed by atoms with Crippen molar-refractivity contribution in [3.63, 3.8) is 0 Å². The number of methoxy groups -OCH3 is 2. The van der Waals surface area contributed by atoms with E-state index in [0.29, 0.717) is 11.7 Å². The van der Waals surface area contributed by atoms with Gasteiger partial charge in [0.1, 0.15) is 5.75 Å². The summed E-state index contributed by atoms with van der Waals surface area (Å²) in [4.78, 5) is 17.5. The van der Waals surface area contributed by atoms with Gasteiger partial charge >= 0.3 is 0 Å². The van der Waals surface area contributed by atoms with Crippen LogP contribution in [0.25, 0.3) is 11.3 Å². The summed E-state index contributed by atoms with van der Waals surface area (Å²) in [6, 6.07) is 5.98. The molecular formula is C19H25N3O3S. The van der Waals surface area contributed by atoms with Crippen LogP contribution in [-0.4, -0.2) is 44.8 Å². The molecule has 1 amide bonds. The molecule has 2 heterocycles. The molecule has 2 N–H and O–H groups in total. The number of rotatable bonds is 6. The molecule has 0 unspecified atom stereocenters. The molecule has 2 aromatic rings. The van der Waals surface area contributed by atoms with Gasteiger partial charge in [-0.05, 0) is 45.0 Å². The van der Waals surface area contributed by atoms with Gasteiger partial charge in [-0.1, -0.05) is 11.6 Å².